The van der Waals surface area contributed by atoms with Crippen molar-refractivity contribution in [3.05, 3.63) is 59.9 Å². The summed E-state index contributed by atoms with van der Waals surface area (Å²) in [5.41, 5.74) is 1.49. The van der Waals surface area contributed by atoms with Crippen LogP contribution in [-0.2, 0) is 4.74 Å². The Morgan fingerprint density at radius 3 is 2.56 bits per heavy atom. The summed E-state index contributed by atoms with van der Waals surface area (Å²) < 4.78 is 17.8. The van der Waals surface area contributed by atoms with Crippen molar-refractivity contribution < 1.29 is 13.9 Å². The number of carbonyl (C=O) groups is 1. The Bertz CT molecular complexity index is 555. The summed E-state index contributed by atoms with van der Waals surface area (Å²) in [4.78, 5) is 11.5. The highest BCUT2D eigenvalue weighted by molar-refractivity contribution is 5.96. The third-order valence-electron chi connectivity index (χ3n) is 2.44. The lowest BCUT2D eigenvalue weighted by Crippen LogP contribution is -2.06. The first-order chi connectivity index (χ1) is 8.70. The van der Waals surface area contributed by atoms with Gasteiger partial charge in [-0.05, 0) is 30.3 Å². The van der Waals surface area contributed by atoms with Crippen LogP contribution in [0.3, 0.4) is 0 Å². The quantitative estimate of drug-likeness (QED) is 0.843. The molecule has 2 aromatic carbocycles. The van der Waals surface area contributed by atoms with Gasteiger partial charge in [0.15, 0.2) is 0 Å². The number of hydrogen-bond donors (Lipinski definition) is 1. The molecule has 3 nitrogen and oxygen atoms in total. The first kappa shape index (κ1) is 12.1. The van der Waals surface area contributed by atoms with Crippen molar-refractivity contribution in [2.45, 2.75) is 0 Å². The molecule has 0 saturated carbocycles. The molecule has 0 spiro atoms. The Morgan fingerprint density at radius 2 is 1.89 bits per heavy atom. The highest BCUT2D eigenvalue weighted by Crippen LogP contribution is 2.22. The van der Waals surface area contributed by atoms with E-state index in [1.807, 2.05) is 30.3 Å². The molecular weight excluding hydrogens is 233 g/mol. The van der Waals surface area contributed by atoms with E-state index in [2.05, 4.69) is 10.1 Å². The highest BCUT2D eigenvalue weighted by Gasteiger charge is 2.13. The molecule has 0 aliphatic heterocycles. The fourth-order valence-electron chi connectivity index (χ4n) is 1.58. The van der Waals surface area contributed by atoms with Gasteiger partial charge in [0.05, 0.1) is 18.4 Å². The van der Waals surface area contributed by atoms with Gasteiger partial charge in [-0.25, -0.2) is 9.18 Å². The lowest BCUT2D eigenvalue weighted by molar-refractivity contribution is 0.0601. The van der Waals surface area contributed by atoms with Crippen molar-refractivity contribution in [3.63, 3.8) is 0 Å². The van der Waals surface area contributed by atoms with Crippen LogP contribution in [0, 0.1) is 5.82 Å². The summed E-state index contributed by atoms with van der Waals surface area (Å²) in [6, 6.07) is 13.3. The maximum Gasteiger partial charge on any atom is 0.340 e. The lowest BCUT2D eigenvalue weighted by Gasteiger charge is -2.10. The summed E-state index contributed by atoms with van der Waals surface area (Å²) in [5, 5.41) is 3.05. The number of esters is 1. The third kappa shape index (κ3) is 2.66. The molecule has 0 atom stereocenters. The summed E-state index contributed by atoms with van der Waals surface area (Å²) in [7, 11) is 1.26. The van der Waals surface area contributed by atoms with Crippen LogP contribution in [0.5, 0.6) is 0 Å². The number of halogens is 1. The molecule has 92 valence electrons. The van der Waals surface area contributed by atoms with Crippen LogP contribution in [0.15, 0.2) is 48.5 Å². The fourth-order valence-corrected chi connectivity index (χ4v) is 1.58. The van der Waals surface area contributed by atoms with Gasteiger partial charge in [0.2, 0.25) is 0 Å². The van der Waals surface area contributed by atoms with E-state index >= 15 is 0 Å². The van der Waals surface area contributed by atoms with Gasteiger partial charge in [0.1, 0.15) is 5.82 Å². The molecule has 0 amide bonds. The van der Waals surface area contributed by atoms with Gasteiger partial charge in [0, 0.05) is 5.69 Å². The molecule has 0 aliphatic carbocycles. The van der Waals surface area contributed by atoms with Crippen LogP contribution in [0.2, 0.25) is 0 Å². The van der Waals surface area contributed by atoms with Crippen LogP contribution in [0.4, 0.5) is 15.8 Å². The van der Waals surface area contributed by atoms with Gasteiger partial charge in [-0.1, -0.05) is 18.2 Å². The van der Waals surface area contributed by atoms with Crippen molar-refractivity contribution in [1.29, 1.82) is 0 Å². The largest absolute Gasteiger partial charge is 0.465 e. The second kappa shape index (κ2) is 5.31. The van der Waals surface area contributed by atoms with Crippen molar-refractivity contribution in [2.24, 2.45) is 0 Å². The molecule has 1 N–H and O–H groups in total. The Hall–Kier alpha value is -2.36. The highest BCUT2D eigenvalue weighted by atomic mass is 19.1. The number of methoxy groups -OCH3 is 1. The molecular formula is C14H12FNO2. The van der Waals surface area contributed by atoms with E-state index in [1.165, 1.54) is 19.2 Å². The zero-order valence-electron chi connectivity index (χ0n) is 9.81. The van der Waals surface area contributed by atoms with E-state index in [1.54, 1.807) is 0 Å². The van der Waals surface area contributed by atoms with Gasteiger partial charge in [-0.2, -0.15) is 0 Å². The van der Waals surface area contributed by atoms with Crippen LogP contribution in [-0.4, -0.2) is 13.1 Å². The average Bonchev–Trinajstić information content (AvgIpc) is 2.41. The molecule has 0 radical (unpaired) electrons. The summed E-state index contributed by atoms with van der Waals surface area (Å²) in [5.74, 6) is -1.05. The van der Waals surface area contributed by atoms with Crippen LogP contribution >= 0.6 is 0 Å². The van der Waals surface area contributed by atoms with Crippen LogP contribution in [0.1, 0.15) is 10.4 Å². The van der Waals surface area contributed by atoms with E-state index in [9.17, 15) is 9.18 Å². The van der Waals surface area contributed by atoms with Crippen molar-refractivity contribution in [2.75, 3.05) is 12.4 Å². The minimum atomic E-state index is -0.576. The Kier molecular flexibility index (Phi) is 3.57. The number of rotatable bonds is 3. The number of nitrogens with one attached hydrogen (secondary N) is 1. The van der Waals surface area contributed by atoms with E-state index in [4.69, 9.17) is 0 Å². The van der Waals surface area contributed by atoms with Crippen LogP contribution < -0.4 is 5.32 Å². The molecule has 0 bridgehead atoms. The molecule has 0 fully saturated rings. The first-order valence-corrected chi connectivity index (χ1v) is 5.40. The maximum absolute atomic E-state index is 13.1. The maximum atomic E-state index is 13.1. The van der Waals surface area contributed by atoms with E-state index in [0.29, 0.717) is 5.69 Å². The Labute approximate surface area is 104 Å². The fraction of sp³-hybridized carbons (Fsp3) is 0.0714. The normalized spacial score (nSPS) is 9.89. The van der Waals surface area contributed by atoms with E-state index in [0.717, 1.165) is 11.8 Å². The zero-order chi connectivity index (χ0) is 13.0. The summed E-state index contributed by atoms with van der Waals surface area (Å²) in [6.07, 6.45) is 0. The van der Waals surface area contributed by atoms with Crippen LogP contribution in [0.25, 0.3) is 0 Å². The zero-order valence-corrected chi connectivity index (χ0v) is 9.81. The van der Waals surface area contributed by atoms with E-state index in [-0.39, 0.29) is 5.56 Å². The van der Waals surface area contributed by atoms with Gasteiger partial charge >= 0.3 is 5.97 Å². The van der Waals surface area contributed by atoms with E-state index < -0.39 is 11.8 Å². The third-order valence-corrected chi connectivity index (χ3v) is 2.44. The Balaban J connectivity index is 2.35. The molecule has 0 aromatic heterocycles. The topological polar surface area (TPSA) is 38.3 Å². The average molecular weight is 245 g/mol. The summed E-state index contributed by atoms with van der Waals surface area (Å²) in [6.45, 7) is 0. The minimum Gasteiger partial charge on any atom is -0.465 e. The SMILES string of the molecule is COC(=O)c1cc(F)ccc1Nc1ccccc1. The monoisotopic (exact) mass is 245 g/mol. The second-order valence-electron chi connectivity index (χ2n) is 3.67. The molecule has 4 heteroatoms. The van der Waals surface area contributed by atoms with Crippen molar-refractivity contribution in [1.82, 2.24) is 0 Å². The van der Waals surface area contributed by atoms with Gasteiger partial charge in [-0.3, -0.25) is 0 Å². The van der Waals surface area contributed by atoms with Crippen molar-refractivity contribution >= 4 is 17.3 Å². The molecule has 2 aromatic rings. The van der Waals surface area contributed by atoms with Gasteiger partial charge in [-0.15, -0.1) is 0 Å². The molecule has 0 heterocycles. The molecule has 0 saturated heterocycles. The first-order valence-electron chi connectivity index (χ1n) is 5.40. The lowest BCUT2D eigenvalue weighted by atomic mass is 10.1. The number of anilines is 2. The molecule has 2 rings (SSSR count). The number of hydrogen-bond acceptors (Lipinski definition) is 3. The number of para-hydroxylation sites is 1. The number of ether oxygens (including phenoxy) is 1. The Morgan fingerprint density at radius 1 is 1.17 bits per heavy atom. The molecule has 0 aliphatic rings. The predicted octanol–water partition coefficient (Wildman–Crippen LogP) is 3.36. The number of carbonyl (C=O) groups excluding carboxylic acids is 1. The number of benzene rings is 2. The van der Waals surface area contributed by atoms with Crippen molar-refractivity contribution in [3.8, 4) is 0 Å². The van der Waals surface area contributed by atoms with Gasteiger partial charge < -0.3 is 10.1 Å². The smallest absolute Gasteiger partial charge is 0.340 e. The summed E-state index contributed by atoms with van der Waals surface area (Å²) >= 11 is 0. The second-order valence-corrected chi connectivity index (χ2v) is 3.67. The molecule has 0 unspecified atom stereocenters. The predicted molar refractivity (Wildman–Crippen MR) is 67.5 cm³/mol. The van der Waals surface area contributed by atoms with Gasteiger partial charge in [0.25, 0.3) is 0 Å². The molecule has 18 heavy (non-hydrogen) atoms. The minimum absolute atomic E-state index is 0.168. The standard InChI is InChI=1S/C14H12FNO2/c1-18-14(17)12-9-10(15)7-8-13(12)16-11-5-3-2-4-6-11/h2-9,16H,1H3.